The van der Waals surface area contributed by atoms with Gasteiger partial charge in [0.25, 0.3) is 0 Å². The van der Waals surface area contributed by atoms with E-state index in [0.717, 1.165) is 12.8 Å². The third-order valence-corrected chi connectivity index (χ3v) is 5.11. The van der Waals surface area contributed by atoms with Gasteiger partial charge in [-0.25, -0.2) is 4.79 Å². The highest BCUT2D eigenvalue weighted by Gasteiger charge is 2.13. The minimum Gasteiger partial charge on any atom is -1.00 e. The van der Waals surface area contributed by atoms with E-state index >= 15 is 0 Å². The van der Waals surface area contributed by atoms with E-state index in [9.17, 15) is 4.79 Å². The van der Waals surface area contributed by atoms with Gasteiger partial charge in [0, 0.05) is 5.57 Å². The van der Waals surface area contributed by atoms with Crippen molar-refractivity contribution in [3.05, 3.63) is 12.2 Å². The quantitative estimate of drug-likeness (QED) is 0.139. The van der Waals surface area contributed by atoms with Gasteiger partial charge >= 0.3 is 5.97 Å². The van der Waals surface area contributed by atoms with Crippen LogP contribution in [0.25, 0.3) is 0 Å². The Morgan fingerprint density at radius 2 is 1.19 bits per heavy atom. The minimum absolute atomic E-state index is 0. The van der Waals surface area contributed by atoms with Crippen molar-refractivity contribution in [3.8, 4) is 0 Å². The summed E-state index contributed by atoms with van der Waals surface area (Å²) in [6.07, 6.45) is 17.1. The van der Waals surface area contributed by atoms with Gasteiger partial charge in [-0.05, 0) is 39.0 Å². The summed E-state index contributed by atoms with van der Waals surface area (Å²) in [6.45, 7) is 10.8. The molecule has 0 bridgehead atoms. The Bertz CT molecular complexity index is 369. The first-order valence-corrected chi connectivity index (χ1v) is 11.0. The standard InChI is InChI=1S/C23H46NO2.BrH/c1-6-7-8-16-19-24(4,5)20-17-14-12-10-9-11-13-15-18-21-26-23(25)22(2)3;/h2,6-21H2,1,3-5H3;1H/q+1;/p-1. The van der Waals surface area contributed by atoms with Gasteiger partial charge in [-0.1, -0.05) is 64.9 Å². The lowest BCUT2D eigenvalue weighted by Gasteiger charge is -2.30. The van der Waals surface area contributed by atoms with E-state index in [1.54, 1.807) is 6.92 Å². The molecule has 0 unspecified atom stereocenters. The number of carbonyl (C=O) groups is 1. The number of rotatable bonds is 18. The van der Waals surface area contributed by atoms with Crippen LogP contribution < -0.4 is 17.0 Å². The predicted molar refractivity (Wildman–Crippen MR) is 113 cm³/mol. The highest BCUT2D eigenvalue weighted by molar-refractivity contribution is 5.86. The number of esters is 1. The van der Waals surface area contributed by atoms with E-state index in [4.69, 9.17) is 4.74 Å². The monoisotopic (exact) mass is 447 g/mol. The maximum atomic E-state index is 11.2. The predicted octanol–water partition coefficient (Wildman–Crippen LogP) is 3.28. The first kappa shape index (κ1) is 28.9. The summed E-state index contributed by atoms with van der Waals surface area (Å²) in [7, 11) is 4.78. The topological polar surface area (TPSA) is 26.3 Å². The van der Waals surface area contributed by atoms with Gasteiger partial charge in [-0.15, -0.1) is 0 Å². The number of hydrogen-bond acceptors (Lipinski definition) is 2. The summed E-state index contributed by atoms with van der Waals surface area (Å²) in [6, 6.07) is 0. The van der Waals surface area contributed by atoms with Crippen LogP contribution in [0.4, 0.5) is 0 Å². The Balaban J connectivity index is 0. The van der Waals surface area contributed by atoms with Crippen molar-refractivity contribution in [2.75, 3.05) is 33.8 Å². The van der Waals surface area contributed by atoms with Gasteiger partial charge in [-0.3, -0.25) is 0 Å². The fourth-order valence-electron chi connectivity index (χ4n) is 3.25. The fraction of sp³-hybridized carbons (Fsp3) is 0.870. The van der Waals surface area contributed by atoms with Crippen molar-refractivity contribution in [1.82, 2.24) is 0 Å². The van der Waals surface area contributed by atoms with Crippen LogP contribution in [0.1, 0.15) is 97.3 Å². The van der Waals surface area contributed by atoms with Gasteiger partial charge in [0.2, 0.25) is 0 Å². The van der Waals surface area contributed by atoms with Crippen molar-refractivity contribution in [2.45, 2.75) is 97.3 Å². The number of hydrogen-bond donors (Lipinski definition) is 0. The number of carbonyl (C=O) groups excluding carboxylic acids is 1. The summed E-state index contributed by atoms with van der Waals surface area (Å²) >= 11 is 0. The summed E-state index contributed by atoms with van der Waals surface area (Å²) in [5, 5.41) is 0. The average molecular weight is 449 g/mol. The highest BCUT2D eigenvalue weighted by atomic mass is 79.9. The number of quaternary nitrogens is 1. The molecule has 0 N–H and O–H groups in total. The van der Waals surface area contributed by atoms with Crippen LogP contribution in [0, 0.1) is 0 Å². The van der Waals surface area contributed by atoms with Crippen LogP contribution in [0.15, 0.2) is 12.2 Å². The number of halogens is 1. The van der Waals surface area contributed by atoms with E-state index in [0.29, 0.717) is 12.2 Å². The Labute approximate surface area is 180 Å². The second kappa shape index (κ2) is 19.0. The normalized spacial score (nSPS) is 11.1. The largest absolute Gasteiger partial charge is 1.00 e. The Morgan fingerprint density at radius 1 is 0.778 bits per heavy atom. The molecule has 0 spiro atoms. The zero-order valence-electron chi connectivity index (χ0n) is 18.7. The van der Waals surface area contributed by atoms with Crippen LogP contribution >= 0.6 is 0 Å². The summed E-state index contributed by atoms with van der Waals surface area (Å²) in [5.41, 5.74) is 0.490. The third-order valence-electron chi connectivity index (χ3n) is 5.11. The van der Waals surface area contributed by atoms with E-state index in [1.165, 1.54) is 88.2 Å². The van der Waals surface area contributed by atoms with E-state index in [2.05, 4.69) is 27.6 Å². The molecule has 0 saturated carbocycles. The smallest absolute Gasteiger partial charge is 0.333 e. The summed E-state index contributed by atoms with van der Waals surface area (Å²) in [5.74, 6) is -0.257. The van der Waals surface area contributed by atoms with Gasteiger partial charge in [0.1, 0.15) is 0 Å². The SMILES string of the molecule is C=C(C)C(=O)OCCCCCCCCCCC[N+](C)(C)CCCCCC.[Br-]. The zero-order chi connectivity index (χ0) is 19.7. The first-order valence-electron chi connectivity index (χ1n) is 11.0. The molecule has 0 radical (unpaired) electrons. The lowest BCUT2D eigenvalue weighted by molar-refractivity contribution is -0.890. The lowest BCUT2D eigenvalue weighted by atomic mass is 10.1. The molecule has 0 atom stereocenters. The van der Waals surface area contributed by atoms with Crippen LogP contribution in [0.2, 0.25) is 0 Å². The fourth-order valence-corrected chi connectivity index (χ4v) is 3.25. The molecule has 0 heterocycles. The molecule has 0 fully saturated rings. The van der Waals surface area contributed by atoms with Crippen molar-refractivity contribution in [2.24, 2.45) is 0 Å². The van der Waals surface area contributed by atoms with Gasteiger partial charge in [0.05, 0.1) is 33.8 Å². The van der Waals surface area contributed by atoms with E-state index in [-0.39, 0.29) is 23.0 Å². The summed E-state index contributed by atoms with van der Waals surface area (Å²) in [4.78, 5) is 11.2. The van der Waals surface area contributed by atoms with Crippen LogP contribution in [0.3, 0.4) is 0 Å². The molecule has 0 amide bonds. The van der Waals surface area contributed by atoms with Gasteiger partial charge in [-0.2, -0.15) is 0 Å². The molecular formula is C23H46BrNO2. The van der Waals surface area contributed by atoms with Crippen LogP contribution in [-0.4, -0.2) is 44.2 Å². The molecular weight excluding hydrogens is 402 g/mol. The molecule has 162 valence electrons. The van der Waals surface area contributed by atoms with Crippen molar-refractivity contribution in [1.29, 1.82) is 0 Å². The van der Waals surface area contributed by atoms with E-state index < -0.39 is 0 Å². The Kier molecular flexibility index (Phi) is 20.3. The van der Waals surface area contributed by atoms with Crippen molar-refractivity contribution >= 4 is 5.97 Å². The number of ether oxygens (including phenoxy) is 1. The highest BCUT2D eigenvalue weighted by Crippen LogP contribution is 2.12. The van der Waals surface area contributed by atoms with Gasteiger partial charge in [0.15, 0.2) is 0 Å². The molecule has 0 aromatic rings. The minimum atomic E-state index is -0.257. The van der Waals surface area contributed by atoms with Gasteiger partial charge < -0.3 is 26.2 Å². The average Bonchev–Trinajstić information content (AvgIpc) is 2.59. The van der Waals surface area contributed by atoms with Crippen LogP contribution in [0.5, 0.6) is 0 Å². The maximum Gasteiger partial charge on any atom is 0.333 e. The molecule has 0 saturated heterocycles. The lowest BCUT2D eigenvalue weighted by Crippen LogP contribution is -3.00. The molecule has 0 rings (SSSR count). The maximum absolute atomic E-state index is 11.2. The van der Waals surface area contributed by atoms with Crippen LogP contribution in [-0.2, 0) is 9.53 Å². The van der Waals surface area contributed by atoms with E-state index in [1.807, 2.05) is 0 Å². The molecule has 0 aromatic heterocycles. The number of nitrogens with zero attached hydrogens (tertiary/aromatic N) is 1. The molecule has 0 aliphatic rings. The van der Waals surface area contributed by atoms with Crippen molar-refractivity contribution < 1.29 is 31.0 Å². The molecule has 0 aromatic carbocycles. The zero-order valence-corrected chi connectivity index (χ0v) is 20.2. The molecule has 27 heavy (non-hydrogen) atoms. The Hall–Kier alpha value is -0.350. The summed E-state index contributed by atoms with van der Waals surface area (Å²) < 4.78 is 6.29. The van der Waals surface area contributed by atoms with Crippen molar-refractivity contribution in [3.63, 3.8) is 0 Å². The Morgan fingerprint density at radius 3 is 1.63 bits per heavy atom. The number of unbranched alkanes of at least 4 members (excludes halogenated alkanes) is 11. The third kappa shape index (κ3) is 20.2. The molecule has 0 aliphatic carbocycles. The molecule has 4 heteroatoms. The second-order valence-electron chi connectivity index (χ2n) is 8.54. The molecule has 3 nitrogen and oxygen atoms in total. The second-order valence-corrected chi connectivity index (χ2v) is 8.54. The molecule has 0 aliphatic heterocycles. The first-order chi connectivity index (χ1) is 12.4.